The van der Waals surface area contributed by atoms with Crippen molar-refractivity contribution < 1.29 is 0 Å². The molecule has 0 radical (unpaired) electrons. The molecule has 1 aromatic heterocycles. The lowest BCUT2D eigenvalue weighted by atomic mass is 10.2. The first-order chi connectivity index (χ1) is 9.24. The molecule has 3 rings (SSSR count). The molecule has 0 atom stereocenters. The van der Waals surface area contributed by atoms with Gasteiger partial charge in [0.15, 0.2) is 0 Å². The van der Waals surface area contributed by atoms with E-state index in [4.69, 9.17) is 11.6 Å². The van der Waals surface area contributed by atoms with Crippen LogP contribution in [0.3, 0.4) is 0 Å². The van der Waals surface area contributed by atoms with Gasteiger partial charge in [0.05, 0.1) is 5.69 Å². The van der Waals surface area contributed by atoms with E-state index in [2.05, 4.69) is 32.4 Å². The minimum Gasteiger partial charge on any atom is -0.236 e. The first kappa shape index (κ1) is 12.9. The highest BCUT2D eigenvalue weighted by atomic mass is 79.9. The van der Waals surface area contributed by atoms with Gasteiger partial charge in [-0.15, -0.1) is 11.3 Å². The molecule has 0 saturated heterocycles. The van der Waals surface area contributed by atoms with Crippen molar-refractivity contribution in [1.29, 1.82) is 0 Å². The first-order valence-electron chi connectivity index (χ1n) is 5.70. The molecule has 1 heterocycles. The van der Waals surface area contributed by atoms with Crippen molar-refractivity contribution in [3.63, 3.8) is 0 Å². The van der Waals surface area contributed by atoms with Gasteiger partial charge in [0.25, 0.3) is 0 Å². The highest BCUT2D eigenvalue weighted by Gasteiger charge is 2.09. The molecule has 19 heavy (non-hydrogen) atoms. The highest BCUT2D eigenvalue weighted by Crippen LogP contribution is 2.33. The Morgan fingerprint density at radius 1 is 1.05 bits per heavy atom. The Kier molecular flexibility index (Phi) is 3.69. The largest absolute Gasteiger partial charge is 0.236 e. The standard InChI is InChI=1S/C15H9BrClNS/c16-13-7-2-1-6-12(13)14-9-19-15(18-14)10-4-3-5-11(17)8-10/h1-9H. The van der Waals surface area contributed by atoms with Crippen LogP contribution >= 0.6 is 38.9 Å². The van der Waals surface area contributed by atoms with E-state index in [1.807, 2.05) is 42.5 Å². The van der Waals surface area contributed by atoms with E-state index in [1.54, 1.807) is 11.3 Å². The lowest BCUT2D eigenvalue weighted by Gasteiger charge is -2.00. The maximum Gasteiger partial charge on any atom is 0.124 e. The van der Waals surface area contributed by atoms with E-state index >= 15 is 0 Å². The van der Waals surface area contributed by atoms with Crippen LogP contribution in [0.2, 0.25) is 5.02 Å². The summed E-state index contributed by atoms with van der Waals surface area (Å²) in [4.78, 5) is 4.68. The second-order valence-electron chi connectivity index (χ2n) is 4.03. The topological polar surface area (TPSA) is 12.9 Å². The molecule has 0 saturated carbocycles. The van der Waals surface area contributed by atoms with Gasteiger partial charge in [-0.1, -0.05) is 57.9 Å². The van der Waals surface area contributed by atoms with Gasteiger partial charge in [-0.25, -0.2) is 4.98 Å². The van der Waals surface area contributed by atoms with Crippen LogP contribution in [0.15, 0.2) is 58.4 Å². The van der Waals surface area contributed by atoms with Crippen molar-refractivity contribution in [3.05, 3.63) is 63.4 Å². The summed E-state index contributed by atoms with van der Waals surface area (Å²) in [5.74, 6) is 0. The summed E-state index contributed by atoms with van der Waals surface area (Å²) < 4.78 is 1.05. The molecule has 0 aliphatic heterocycles. The molecule has 0 aliphatic rings. The van der Waals surface area contributed by atoms with Gasteiger partial charge in [0.2, 0.25) is 0 Å². The molecule has 4 heteroatoms. The summed E-state index contributed by atoms with van der Waals surface area (Å²) in [6.07, 6.45) is 0. The lowest BCUT2D eigenvalue weighted by Crippen LogP contribution is -1.81. The van der Waals surface area contributed by atoms with Crippen molar-refractivity contribution in [2.75, 3.05) is 0 Å². The van der Waals surface area contributed by atoms with Crippen LogP contribution < -0.4 is 0 Å². The molecule has 2 aromatic carbocycles. The van der Waals surface area contributed by atoms with Gasteiger partial charge in [0.1, 0.15) is 5.01 Å². The fourth-order valence-electron chi connectivity index (χ4n) is 1.82. The Morgan fingerprint density at radius 3 is 2.68 bits per heavy atom. The minimum absolute atomic E-state index is 0.732. The van der Waals surface area contributed by atoms with Crippen molar-refractivity contribution in [2.24, 2.45) is 0 Å². The monoisotopic (exact) mass is 349 g/mol. The number of hydrogen-bond donors (Lipinski definition) is 0. The molecule has 0 bridgehead atoms. The Balaban J connectivity index is 2.03. The fourth-order valence-corrected chi connectivity index (χ4v) is 3.32. The Bertz CT molecular complexity index is 723. The zero-order valence-electron chi connectivity index (χ0n) is 9.81. The maximum atomic E-state index is 6.01. The molecule has 0 fully saturated rings. The summed E-state index contributed by atoms with van der Waals surface area (Å²) in [6, 6.07) is 15.9. The van der Waals surface area contributed by atoms with Gasteiger partial charge in [-0.05, 0) is 18.2 Å². The van der Waals surface area contributed by atoms with E-state index in [9.17, 15) is 0 Å². The Labute approximate surface area is 129 Å². The summed E-state index contributed by atoms with van der Waals surface area (Å²) in [6.45, 7) is 0. The van der Waals surface area contributed by atoms with Crippen LogP contribution in [0.5, 0.6) is 0 Å². The number of rotatable bonds is 2. The third-order valence-corrected chi connectivity index (χ3v) is 4.54. The molecule has 1 nitrogen and oxygen atoms in total. The molecule has 0 amide bonds. The predicted molar refractivity (Wildman–Crippen MR) is 85.7 cm³/mol. The molecule has 0 N–H and O–H groups in total. The van der Waals surface area contributed by atoms with E-state index in [0.717, 1.165) is 31.3 Å². The second kappa shape index (κ2) is 5.45. The van der Waals surface area contributed by atoms with Crippen LogP contribution in [-0.2, 0) is 0 Å². The van der Waals surface area contributed by atoms with Crippen molar-refractivity contribution in [1.82, 2.24) is 4.98 Å². The number of benzene rings is 2. The van der Waals surface area contributed by atoms with Gasteiger partial charge < -0.3 is 0 Å². The van der Waals surface area contributed by atoms with Crippen molar-refractivity contribution in [2.45, 2.75) is 0 Å². The average molecular weight is 351 g/mol. The zero-order valence-corrected chi connectivity index (χ0v) is 13.0. The Morgan fingerprint density at radius 2 is 1.89 bits per heavy atom. The summed E-state index contributed by atoms with van der Waals surface area (Å²) >= 11 is 11.2. The molecule has 94 valence electrons. The molecule has 0 spiro atoms. The summed E-state index contributed by atoms with van der Waals surface area (Å²) in [7, 11) is 0. The van der Waals surface area contributed by atoms with Crippen LogP contribution in [0, 0.1) is 0 Å². The smallest absolute Gasteiger partial charge is 0.124 e. The number of aromatic nitrogens is 1. The molecule has 0 aliphatic carbocycles. The molecular weight excluding hydrogens is 342 g/mol. The maximum absolute atomic E-state index is 6.01. The quantitative estimate of drug-likeness (QED) is 0.561. The highest BCUT2D eigenvalue weighted by molar-refractivity contribution is 9.10. The third-order valence-electron chi connectivity index (χ3n) is 2.73. The van der Waals surface area contributed by atoms with E-state index in [-0.39, 0.29) is 0 Å². The van der Waals surface area contributed by atoms with Gasteiger partial charge >= 0.3 is 0 Å². The lowest BCUT2D eigenvalue weighted by molar-refractivity contribution is 1.39. The fraction of sp³-hybridized carbons (Fsp3) is 0. The van der Waals surface area contributed by atoms with Gasteiger partial charge in [0, 0.05) is 26.0 Å². The van der Waals surface area contributed by atoms with Crippen LogP contribution in [0.4, 0.5) is 0 Å². The Hall–Kier alpha value is -1.16. The summed E-state index contributed by atoms with van der Waals surface area (Å²) in [5.41, 5.74) is 3.13. The molecular formula is C15H9BrClNS. The van der Waals surface area contributed by atoms with Crippen LogP contribution in [0.25, 0.3) is 21.8 Å². The number of nitrogens with zero attached hydrogens (tertiary/aromatic N) is 1. The number of thiazole rings is 1. The summed E-state index contributed by atoms with van der Waals surface area (Å²) in [5, 5.41) is 3.78. The normalized spacial score (nSPS) is 10.6. The number of hydrogen-bond acceptors (Lipinski definition) is 2. The van der Waals surface area contributed by atoms with Crippen LogP contribution in [-0.4, -0.2) is 4.98 Å². The van der Waals surface area contributed by atoms with Gasteiger partial charge in [-0.3, -0.25) is 0 Å². The predicted octanol–water partition coefficient (Wildman–Crippen LogP) is 5.89. The third kappa shape index (κ3) is 2.73. The van der Waals surface area contributed by atoms with Gasteiger partial charge in [-0.2, -0.15) is 0 Å². The van der Waals surface area contributed by atoms with E-state index in [1.165, 1.54) is 0 Å². The van der Waals surface area contributed by atoms with E-state index < -0.39 is 0 Å². The second-order valence-corrected chi connectivity index (χ2v) is 6.18. The first-order valence-corrected chi connectivity index (χ1v) is 7.75. The molecule has 3 aromatic rings. The molecule has 0 unspecified atom stereocenters. The zero-order chi connectivity index (χ0) is 13.2. The number of halogens is 2. The van der Waals surface area contributed by atoms with Crippen LogP contribution in [0.1, 0.15) is 0 Å². The van der Waals surface area contributed by atoms with Crippen molar-refractivity contribution >= 4 is 38.9 Å². The van der Waals surface area contributed by atoms with Crippen molar-refractivity contribution in [3.8, 4) is 21.8 Å². The minimum atomic E-state index is 0.732. The average Bonchev–Trinajstić information content (AvgIpc) is 2.89. The van der Waals surface area contributed by atoms with E-state index in [0.29, 0.717) is 0 Å². The SMILES string of the molecule is Clc1cccc(-c2nc(-c3ccccc3Br)cs2)c1.